The first-order valence-corrected chi connectivity index (χ1v) is 44.2. The second-order valence-electron chi connectivity index (χ2n) is 36.6. The second kappa shape index (κ2) is 36.7. The number of nitrogens with one attached hydrogen (secondary N) is 1. The van der Waals surface area contributed by atoms with E-state index in [0.29, 0.717) is 82.0 Å². The Labute approximate surface area is 692 Å². The van der Waals surface area contributed by atoms with Gasteiger partial charge in [0.2, 0.25) is 23.7 Å². The number of piperidine rings is 6. The summed E-state index contributed by atoms with van der Waals surface area (Å²) < 4.78 is 5.38. The zero-order chi connectivity index (χ0) is 82.7. The van der Waals surface area contributed by atoms with Crippen LogP contribution in [0.5, 0.6) is 0 Å². The minimum atomic E-state index is -1.43. The lowest BCUT2D eigenvalue weighted by Gasteiger charge is -2.55. The average Bonchev–Trinajstić information content (AvgIpc) is 0.753. The Balaban J connectivity index is 0.000000133. The molecule has 18 atom stereocenters. The highest BCUT2D eigenvalue weighted by molar-refractivity contribution is 6.42. The predicted octanol–water partition coefficient (Wildman–Crippen LogP) is 11.5. The van der Waals surface area contributed by atoms with Crippen LogP contribution in [0.2, 0.25) is 0 Å². The Kier molecular flexibility index (Phi) is 25.5. The monoisotopic (exact) mass is 1630 g/mol. The van der Waals surface area contributed by atoms with E-state index in [1.165, 1.54) is 147 Å². The number of oxime groups is 3. The molecule has 29 nitrogen and oxygen atoms in total. The number of hydrogen-bond acceptors (Lipinski definition) is 21. The van der Waals surface area contributed by atoms with Gasteiger partial charge in [-0.05, 0) is 207 Å². The fourth-order valence-electron chi connectivity index (χ4n) is 24.6. The standard InChI is InChI=1S/C31H41N5O5.C30H39N5O5.C29H35N5O4/c1-34(2)27(37)18-41-33-29(31(39)40)28-30(38)36(26-12-4-3-11-25(26)32-28)24-16-21-9-6-10-22(17-24)35(21)23-14-19-7-5-8-20(13-19)15-23;1-31-26(36)17-40-33-28(30(38)39)27-29(37)35(25-11-3-2-10-24(25)32-27)23-15-20-8-5-9-21(16-23)34(20)22-13-18-6-4-7-19(12-18)14-22;30-16-25(32-38-17-27(35)36)28-29(37)34(26-10-2-1-9-24(26)31-28)23-14-20-7-4-8-21(15-23)33(20)22-12-18-5-3-6-19(11-18)13-22/h3-4,11-12,19-24H,5-10,13-18H2,1-2H3,(H,39,40);2-3,10-11,18-23H,4-9,12-17H2,1H3,(H,31,36)(H,38,39);1-2,9-10,18-23H,3-8,11-15,17H2,(H,35,36)/b33-29-;33-28-;32-25+/t19-,20+,21-,22+,23?,24?;2*18-,19+,20-,21+,22?,23?. The van der Waals surface area contributed by atoms with Crippen LogP contribution in [0.4, 0.5) is 0 Å². The van der Waals surface area contributed by atoms with Gasteiger partial charge in [0.15, 0.2) is 30.3 Å². The van der Waals surface area contributed by atoms with Crippen LogP contribution in [0.1, 0.15) is 247 Å². The largest absolute Gasteiger partial charge is 0.479 e. The molecule has 634 valence electrons. The molecule has 0 spiro atoms. The molecule has 6 aliphatic carbocycles. The number of likely N-dealkylation sites (N-methyl/N-ethyl adjacent to an activating group) is 2. The summed E-state index contributed by atoms with van der Waals surface area (Å²) in [5, 5.41) is 51.9. The average molecular weight is 1630 g/mol. The van der Waals surface area contributed by atoms with Crippen molar-refractivity contribution in [1.82, 2.24) is 53.6 Å². The van der Waals surface area contributed by atoms with Gasteiger partial charge >= 0.3 is 17.9 Å². The molecule has 9 heterocycles. The van der Waals surface area contributed by atoms with Gasteiger partial charge in [0, 0.05) is 93.6 Å². The van der Waals surface area contributed by atoms with E-state index in [1.807, 2.05) is 71.3 Å². The topological polar surface area (TPSA) is 364 Å². The van der Waals surface area contributed by atoms with E-state index in [9.17, 15) is 53.8 Å². The highest BCUT2D eigenvalue weighted by Gasteiger charge is 2.50. The second-order valence-corrected chi connectivity index (χ2v) is 36.6. The number of para-hydroxylation sites is 6. The van der Waals surface area contributed by atoms with Crippen LogP contribution in [0.15, 0.2) is 103 Å². The minimum absolute atomic E-state index is 0.00340. The number of nitriles is 1. The fraction of sp³-hybridized carbons (Fsp3) is 0.633. The molecular formula is C90H115N15O14. The molecule has 3 aromatic heterocycles. The summed E-state index contributed by atoms with van der Waals surface area (Å²) >= 11 is 0. The number of carboxylic acid groups (broad SMARTS) is 3. The van der Waals surface area contributed by atoms with Gasteiger partial charge in [-0.15, -0.1) is 0 Å². The zero-order valence-electron chi connectivity index (χ0n) is 68.9. The van der Waals surface area contributed by atoms with Gasteiger partial charge in [0.25, 0.3) is 28.5 Å². The quantitative estimate of drug-likeness (QED) is 0.0407. The smallest absolute Gasteiger partial charge is 0.360 e. The molecule has 18 rings (SSSR count). The lowest BCUT2D eigenvalue weighted by atomic mass is 9.68. The first-order valence-electron chi connectivity index (χ1n) is 44.2. The van der Waals surface area contributed by atoms with E-state index in [1.54, 1.807) is 35.4 Å². The number of hydrogen-bond donors (Lipinski definition) is 4. The van der Waals surface area contributed by atoms with Gasteiger partial charge in [-0.2, -0.15) is 5.26 Å². The SMILES string of the molecule is CN(C)C(=O)CO/N=C(\C(=O)O)c1nc2ccccc2n(C2C[C@H]3CCC[C@@H](C2)N3C2C[C@H]3CCC[C@@H](C2)C3)c1=O.CNC(=O)CO/N=C(\C(=O)O)c1nc2ccccc2n(C2C[C@H]3CCC[C@@H](C2)N3C2C[C@H]3CCC[C@@H](C2)C3)c1=O.N#C/C(=N\OCC(=O)O)c1nc2ccccc2n(C2C[C@H]3CCC[C@@H](C2)N3C2C[C@H]3CCC[C@@H](C2)C3)c1=O. The number of aromatic nitrogens is 6. The highest BCUT2D eigenvalue weighted by atomic mass is 16.6. The number of benzene rings is 3. The van der Waals surface area contributed by atoms with Crippen LogP contribution >= 0.6 is 0 Å². The normalized spacial score (nSPS) is 30.7. The number of carbonyl (C=O) groups is 5. The maximum atomic E-state index is 14.1. The number of amides is 2. The Morgan fingerprint density at radius 2 is 0.714 bits per heavy atom. The first kappa shape index (κ1) is 82.9. The van der Waals surface area contributed by atoms with Crippen molar-refractivity contribution in [3.05, 3.63) is 121 Å². The Bertz CT molecular complexity index is 5030. The van der Waals surface area contributed by atoms with E-state index < -0.39 is 66.2 Å². The number of nitrogens with zero attached hydrogens (tertiary/aromatic N) is 14. The van der Waals surface area contributed by atoms with E-state index in [2.05, 4.69) is 50.4 Å². The fourth-order valence-corrected chi connectivity index (χ4v) is 24.6. The third kappa shape index (κ3) is 17.9. The summed E-state index contributed by atoms with van der Waals surface area (Å²) in [6.45, 7) is -1.59. The summed E-state index contributed by atoms with van der Waals surface area (Å²) in [5.41, 5.74) is 0.405. The van der Waals surface area contributed by atoms with E-state index in [-0.39, 0.29) is 52.4 Å². The molecule has 4 N–H and O–H groups in total. The van der Waals surface area contributed by atoms with Crippen LogP contribution in [-0.2, 0) is 38.5 Å². The summed E-state index contributed by atoms with van der Waals surface area (Å²) in [6.07, 6.45) is 40.4. The first-order chi connectivity index (χ1) is 57.7. The molecule has 119 heavy (non-hydrogen) atoms. The van der Waals surface area contributed by atoms with Crippen molar-refractivity contribution in [3.8, 4) is 6.07 Å². The minimum Gasteiger partial charge on any atom is -0.479 e. The Hall–Kier alpha value is -9.79. The van der Waals surface area contributed by atoms with Crippen molar-refractivity contribution in [3.63, 3.8) is 0 Å². The number of aliphatic carboxylic acids is 3. The van der Waals surface area contributed by atoms with E-state index >= 15 is 0 Å². The van der Waals surface area contributed by atoms with Crippen molar-refractivity contribution in [2.75, 3.05) is 41.0 Å². The molecule has 6 unspecified atom stereocenters. The van der Waals surface area contributed by atoms with Crippen LogP contribution in [0.3, 0.4) is 0 Å². The van der Waals surface area contributed by atoms with Gasteiger partial charge in [-0.25, -0.2) is 29.3 Å². The van der Waals surface area contributed by atoms with Crippen molar-refractivity contribution in [2.45, 2.75) is 284 Å². The summed E-state index contributed by atoms with van der Waals surface area (Å²) in [6, 6.07) is 28.6. The predicted molar refractivity (Wildman–Crippen MR) is 447 cm³/mol. The number of rotatable bonds is 20. The molecule has 12 fully saturated rings. The van der Waals surface area contributed by atoms with Crippen molar-refractivity contribution in [1.29, 1.82) is 5.26 Å². The van der Waals surface area contributed by atoms with E-state index in [4.69, 9.17) is 19.6 Å². The van der Waals surface area contributed by atoms with Crippen molar-refractivity contribution >= 4 is 80.0 Å². The van der Waals surface area contributed by atoms with Gasteiger partial charge < -0.3 is 53.8 Å². The molecule has 29 heteroatoms. The van der Waals surface area contributed by atoms with Gasteiger partial charge in [-0.3, -0.25) is 38.7 Å². The molecule has 6 aliphatic heterocycles. The maximum absolute atomic E-state index is 14.1. The van der Waals surface area contributed by atoms with Crippen LogP contribution in [-0.4, -0.2) is 206 Å². The third-order valence-electron chi connectivity index (χ3n) is 29.1. The lowest BCUT2D eigenvalue weighted by Crippen LogP contribution is -2.58. The zero-order valence-corrected chi connectivity index (χ0v) is 68.9. The van der Waals surface area contributed by atoms with Gasteiger partial charge in [-0.1, -0.05) is 129 Å². The summed E-state index contributed by atoms with van der Waals surface area (Å²) in [5.74, 6) is 0.317. The van der Waals surface area contributed by atoms with Crippen molar-refractivity contribution < 1.29 is 53.8 Å². The van der Waals surface area contributed by atoms with Crippen LogP contribution in [0, 0.1) is 46.8 Å². The molecule has 6 saturated carbocycles. The van der Waals surface area contributed by atoms with Crippen LogP contribution in [0.25, 0.3) is 33.1 Å². The molecule has 12 bridgehead atoms. The lowest BCUT2D eigenvalue weighted by molar-refractivity contribution is -0.142. The molecule has 0 radical (unpaired) electrons. The summed E-state index contributed by atoms with van der Waals surface area (Å²) in [4.78, 5) is 139. The molecule has 12 aliphatic rings. The highest BCUT2D eigenvalue weighted by Crippen LogP contribution is 2.52. The Morgan fingerprint density at radius 1 is 0.412 bits per heavy atom. The van der Waals surface area contributed by atoms with Crippen LogP contribution < -0.4 is 22.0 Å². The van der Waals surface area contributed by atoms with E-state index in [0.717, 1.165) is 118 Å². The van der Waals surface area contributed by atoms with Gasteiger partial charge in [0.05, 0.1) is 33.1 Å². The number of carbonyl (C=O) groups excluding carboxylic acids is 2. The Morgan fingerprint density at radius 3 is 1.03 bits per heavy atom. The number of fused-ring (bicyclic) bond motifs is 15. The van der Waals surface area contributed by atoms with Gasteiger partial charge in [0.1, 0.15) is 6.07 Å². The maximum Gasteiger partial charge on any atom is 0.360 e. The third-order valence-corrected chi connectivity index (χ3v) is 29.1. The van der Waals surface area contributed by atoms with Crippen molar-refractivity contribution in [2.24, 2.45) is 51.0 Å². The molecule has 6 saturated heterocycles. The molecular weight excluding hydrogens is 1520 g/mol. The summed E-state index contributed by atoms with van der Waals surface area (Å²) in [7, 11) is 4.58. The number of carboxylic acids is 3. The molecule has 2 amide bonds. The molecule has 3 aromatic carbocycles. The molecule has 6 aromatic rings.